The van der Waals surface area contributed by atoms with Gasteiger partial charge in [-0.3, -0.25) is 9.78 Å². The SMILES string of the molecule is CC(N(C)C(=O)Cc1ccc(N)cn1)C(C)(C)C. The first-order chi connectivity index (χ1) is 8.21. The summed E-state index contributed by atoms with van der Waals surface area (Å²) in [5, 5.41) is 0. The maximum atomic E-state index is 12.1. The van der Waals surface area contributed by atoms with Crippen LogP contribution in [0.4, 0.5) is 5.69 Å². The summed E-state index contributed by atoms with van der Waals surface area (Å²) < 4.78 is 0. The van der Waals surface area contributed by atoms with Gasteiger partial charge < -0.3 is 10.6 Å². The zero-order chi connectivity index (χ0) is 13.9. The number of nitrogen functional groups attached to an aromatic ring is 1. The van der Waals surface area contributed by atoms with E-state index in [0.717, 1.165) is 5.69 Å². The topological polar surface area (TPSA) is 59.2 Å². The molecule has 4 nitrogen and oxygen atoms in total. The van der Waals surface area contributed by atoms with Gasteiger partial charge in [-0.25, -0.2) is 0 Å². The summed E-state index contributed by atoms with van der Waals surface area (Å²) in [7, 11) is 1.84. The summed E-state index contributed by atoms with van der Waals surface area (Å²) in [6.07, 6.45) is 1.90. The highest BCUT2D eigenvalue weighted by Gasteiger charge is 2.26. The van der Waals surface area contributed by atoms with Crippen molar-refractivity contribution in [2.24, 2.45) is 5.41 Å². The van der Waals surface area contributed by atoms with Gasteiger partial charge in [-0.2, -0.15) is 0 Å². The van der Waals surface area contributed by atoms with Crippen molar-refractivity contribution in [1.29, 1.82) is 0 Å². The van der Waals surface area contributed by atoms with Gasteiger partial charge in [-0.05, 0) is 24.5 Å². The summed E-state index contributed by atoms with van der Waals surface area (Å²) >= 11 is 0. The average molecular weight is 249 g/mol. The molecule has 0 aliphatic carbocycles. The van der Waals surface area contributed by atoms with Crippen molar-refractivity contribution in [3.8, 4) is 0 Å². The van der Waals surface area contributed by atoms with Crippen molar-refractivity contribution in [2.45, 2.75) is 40.2 Å². The molecule has 18 heavy (non-hydrogen) atoms. The van der Waals surface area contributed by atoms with Gasteiger partial charge in [0.05, 0.1) is 18.3 Å². The highest BCUT2D eigenvalue weighted by molar-refractivity contribution is 5.78. The Bertz CT molecular complexity index is 406. The monoisotopic (exact) mass is 249 g/mol. The van der Waals surface area contributed by atoms with E-state index in [1.54, 1.807) is 23.2 Å². The second-order valence-corrected chi connectivity index (χ2v) is 5.81. The normalized spacial score (nSPS) is 13.2. The maximum Gasteiger partial charge on any atom is 0.228 e. The minimum absolute atomic E-state index is 0.0684. The molecule has 0 aliphatic rings. The lowest BCUT2D eigenvalue weighted by Gasteiger charge is -2.35. The van der Waals surface area contributed by atoms with Gasteiger partial charge in [-0.1, -0.05) is 20.8 Å². The fourth-order valence-electron chi connectivity index (χ4n) is 1.62. The Labute approximate surface area is 109 Å². The van der Waals surface area contributed by atoms with E-state index in [4.69, 9.17) is 5.73 Å². The van der Waals surface area contributed by atoms with Crippen LogP contribution in [-0.2, 0) is 11.2 Å². The van der Waals surface area contributed by atoms with E-state index in [-0.39, 0.29) is 17.4 Å². The first kappa shape index (κ1) is 14.5. The third-order valence-corrected chi connectivity index (χ3v) is 3.41. The predicted molar refractivity (Wildman–Crippen MR) is 74.0 cm³/mol. The number of anilines is 1. The van der Waals surface area contributed by atoms with Crippen molar-refractivity contribution >= 4 is 11.6 Å². The van der Waals surface area contributed by atoms with Gasteiger partial charge in [0.25, 0.3) is 0 Å². The van der Waals surface area contributed by atoms with Crippen LogP contribution in [0.15, 0.2) is 18.3 Å². The Morgan fingerprint density at radius 3 is 2.50 bits per heavy atom. The molecule has 1 atom stereocenters. The third kappa shape index (κ3) is 3.72. The number of rotatable bonds is 3. The molecule has 1 heterocycles. The number of likely N-dealkylation sites (N-methyl/N-ethyl adjacent to an activating group) is 1. The second kappa shape index (κ2) is 5.38. The summed E-state index contributed by atoms with van der Waals surface area (Å²) in [4.78, 5) is 18.1. The molecular weight excluding hydrogens is 226 g/mol. The molecule has 0 fully saturated rings. The van der Waals surface area contributed by atoms with Crippen LogP contribution in [0.25, 0.3) is 0 Å². The summed E-state index contributed by atoms with van der Waals surface area (Å²) in [6, 6.07) is 3.74. The quantitative estimate of drug-likeness (QED) is 0.892. The van der Waals surface area contributed by atoms with Gasteiger partial charge in [0.2, 0.25) is 5.91 Å². The lowest BCUT2D eigenvalue weighted by Crippen LogP contribution is -2.43. The molecule has 1 unspecified atom stereocenters. The molecule has 0 spiro atoms. The molecular formula is C14H23N3O. The number of hydrogen-bond acceptors (Lipinski definition) is 3. The smallest absolute Gasteiger partial charge is 0.228 e. The lowest BCUT2D eigenvalue weighted by atomic mass is 9.87. The molecule has 0 saturated heterocycles. The Kier molecular flexibility index (Phi) is 4.33. The summed E-state index contributed by atoms with van der Waals surface area (Å²) in [6.45, 7) is 8.45. The number of nitrogens with two attached hydrogens (primary N) is 1. The molecule has 0 radical (unpaired) electrons. The van der Waals surface area contributed by atoms with Gasteiger partial charge in [0.1, 0.15) is 0 Å². The van der Waals surface area contributed by atoms with E-state index in [1.165, 1.54) is 0 Å². The Hall–Kier alpha value is -1.58. The number of carbonyl (C=O) groups excluding carboxylic acids is 1. The number of pyridine rings is 1. The average Bonchev–Trinajstić information content (AvgIpc) is 2.29. The van der Waals surface area contributed by atoms with Crippen molar-refractivity contribution in [3.05, 3.63) is 24.0 Å². The third-order valence-electron chi connectivity index (χ3n) is 3.41. The van der Waals surface area contributed by atoms with Crippen LogP contribution in [-0.4, -0.2) is 28.9 Å². The van der Waals surface area contributed by atoms with Crippen LogP contribution >= 0.6 is 0 Å². The van der Waals surface area contributed by atoms with Crippen LogP contribution < -0.4 is 5.73 Å². The fourth-order valence-corrected chi connectivity index (χ4v) is 1.62. The largest absolute Gasteiger partial charge is 0.397 e. The van der Waals surface area contributed by atoms with E-state index in [9.17, 15) is 4.79 Å². The zero-order valence-electron chi connectivity index (χ0n) is 11.9. The van der Waals surface area contributed by atoms with Gasteiger partial charge in [-0.15, -0.1) is 0 Å². The molecule has 0 bridgehead atoms. The number of nitrogens with zero attached hydrogens (tertiary/aromatic N) is 2. The van der Waals surface area contributed by atoms with Crippen LogP contribution in [0.5, 0.6) is 0 Å². The first-order valence-electron chi connectivity index (χ1n) is 6.18. The molecule has 1 rings (SSSR count). The molecule has 100 valence electrons. The van der Waals surface area contributed by atoms with Crippen LogP contribution in [0.3, 0.4) is 0 Å². The van der Waals surface area contributed by atoms with Crippen molar-refractivity contribution in [3.63, 3.8) is 0 Å². The fraction of sp³-hybridized carbons (Fsp3) is 0.571. The molecule has 1 amide bonds. The highest BCUT2D eigenvalue weighted by atomic mass is 16.2. The van der Waals surface area contributed by atoms with Gasteiger partial charge in [0.15, 0.2) is 0 Å². The molecule has 1 aromatic rings. The second-order valence-electron chi connectivity index (χ2n) is 5.81. The zero-order valence-corrected chi connectivity index (χ0v) is 11.9. The minimum atomic E-state index is 0.0684. The van der Waals surface area contributed by atoms with Gasteiger partial charge in [0, 0.05) is 18.8 Å². The molecule has 0 saturated carbocycles. The van der Waals surface area contributed by atoms with Crippen LogP contribution in [0.2, 0.25) is 0 Å². The molecule has 0 aliphatic heterocycles. The minimum Gasteiger partial charge on any atom is -0.397 e. The van der Waals surface area contributed by atoms with Gasteiger partial charge >= 0.3 is 0 Å². The van der Waals surface area contributed by atoms with Crippen molar-refractivity contribution in [2.75, 3.05) is 12.8 Å². The standard InChI is InChI=1S/C14H23N3O/c1-10(14(2,3)4)17(5)13(18)8-12-7-6-11(15)9-16-12/h6-7,9-10H,8,15H2,1-5H3. The van der Waals surface area contributed by atoms with Crippen molar-refractivity contribution < 1.29 is 4.79 Å². The molecule has 2 N–H and O–H groups in total. The number of hydrogen-bond donors (Lipinski definition) is 1. The summed E-state index contributed by atoms with van der Waals surface area (Å²) in [5.41, 5.74) is 7.00. The highest BCUT2D eigenvalue weighted by Crippen LogP contribution is 2.23. The van der Waals surface area contributed by atoms with E-state index in [1.807, 2.05) is 7.05 Å². The lowest BCUT2D eigenvalue weighted by molar-refractivity contribution is -0.132. The molecule has 1 aromatic heterocycles. The number of amides is 1. The van der Waals surface area contributed by atoms with Crippen LogP contribution in [0, 0.1) is 5.41 Å². The predicted octanol–water partition coefficient (Wildman–Crippen LogP) is 2.10. The summed E-state index contributed by atoms with van der Waals surface area (Å²) in [5.74, 6) is 0.0784. The Morgan fingerprint density at radius 1 is 1.44 bits per heavy atom. The van der Waals surface area contributed by atoms with E-state index >= 15 is 0 Å². The molecule has 0 aromatic carbocycles. The number of aromatic nitrogens is 1. The number of carbonyl (C=O) groups is 1. The van der Waals surface area contributed by atoms with E-state index in [2.05, 4.69) is 32.7 Å². The van der Waals surface area contributed by atoms with Crippen molar-refractivity contribution in [1.82, 2.24) is 9.88 Å². The Morgan fingerprint density at radius 2 is 2.06 bits per heavy atom. The van der Waals surface area contributed by atoms with E-state index in [0.29, 0.717) is 12.1 Å². The van der Waals surface area contributed by atoms with E-state index < -0.39 is 0 Å². The maximum absolute atomic E-state index is 12.1. The van der Waals surface area contributed by atoms with Crippen LogP contribution in [0.1, 0.15) is 33.4 Å². The first-order valence-corrected chi connectivity index (χ1v) is 6.18. The molecule has 4 heteroatoms. The Balaban J connectivity index is 2.68.